The predicted octanol–water partition coefficient (Wildman–Crippen LogP) is -0.615. The van der Waals surface area contributed by atoms with Crippen LogP contribution in [-0.2, 0) is 20.8 Å². The third-order valence-corrected chi connectivity index (χ3v) is 3.76. The third-order valence-electron chi connectivity index (χ3n) is 2.57. The van der Waals surface area contributed by atoms with Gasteiger partial charge in [-0.2, -0.15) is 8.42 Å². The molecular formula is C11H14N5O3S+. The van der Waals surface area contributed by atoms with Gasteiger partial charge in [-0.15, -0.1) is 0 Å². The SMILES string of the molecule is COS(=O)(=O)CC[n+]1ccc(-c2ccnc(N)n2)cn1. The topological polar surface area (TPSA) is 112 Å². The molecule has 2 heterocycles. The highest BCUT2D eigenvalue weighted by Crippen LogP contribution is 2.13. The second kappa shape index (κ2) is 5.88. The van der Waals surface area contributed by atoms with Gasteiger partial charge < -0.3 is 5.73 Å². The molecule has 0 aliphatic carbocycles. The lowest BCUT2D eigenvalue weighted by molar-refractivity contribution is -0.750. The molecule has 0 saturated carbocycles. The van der Waals surface area contributed by atoms with Crippen molar-refractivity contribution in [1.82, 2.24) is 15.1 Å². The second-order valence-electron chi connectivity index (χ2n) is 3.91. The van der Waals surface area contributed by atoms with Crippen LogP contribution < -0.4 is 10.4 Å². The molecule has 0 unspecified atom stereocenters. The molecule has 0 fully saturated rings. The van der Waals surface area contributed by atoms with E-state index in [-0.39, 0.29) is 18.2 Å². The van der Waals surface area contributed by atoms with Crippen LogP contribution in [0.5, 0.6) is 0 Å². The van der Waals surface area contributed by atoms with Crippen molar-refractivity contribution in [2.45, 2.75) is 6.54 Å². The molecular weight excluding hydrogens is 282 g/mol. The van der Waals surface area contributed by atoms with Crippen molar-refractivity contribution in [2.24, 2.45) is 0 Å². The number of aromatic nitrogens is 4. The van der Waals surface area contributed by atoms with E-state index in [0.717, 1.165) is 12.7 Å². The van der Waals surface area contributed by atoms with Gasteiger partial charge in [0.25, 0.3) is 10.1 Å². The lowest BCUT2D eigenvalue weighted by Gasteiger charge is -2.00. The van der Waals surface area contributed by atoms with Crippen molar-refractivity contribution in [3.63, 3.8) is 0 Å². The zero-order chi connectivity index (χ0) is 14.6. The average molecular weight is 296 g/mol. The van der Waals surface area contributed by atoms with E-state index < -0.39 is 10.1 Å². The second-order valence-corrected chi connectivity index (χ2v) is 5.76. The molecule has 0 aliphatic rings. The van der Waals surface area contributed by atoms with E-state index in [4.69, 9.17) is 5.73 Å². The quantitative estimate of drug-likeness (QED) is 0.578. The number of anilines is 1. The summed E-state index contributed by atoms with van der Waals surface area (Å²) in [5.74, 6) is 0.0476. The predicted molar refractivity (Wildman–Crippen MR) is 70.7 cm³/mol. The van der Waals surface area contributed by atoms with Crippen LogP contribution in [0.2, 0.25) is 0 Å². The summed E-state index contributed by atoms with van der Waals surface area (Å²) in [6.07, 6.45) is 4.81. The molecule has 2 aromatic rings. The van der Waals surface area contributed by atoms with Gasteiger partial charge in [0.05, 0.1) is 12.8 Å². The maximum Gasteiger partial charge on any atom is 0.273 e. The number of aryl methyl sites for hydroxylation is 1. The van der Waals surface area contributed by atoms with Crippen LogP contribution in [-0.4, -0.2) is 36.3 Å². The first-order valence-corrected chi connectivity index (χ1v) is 7.31. The van der Waals surface area contributed by atoms with Crippen LogP contribution in [0.3, 0.4) is 0 Å². The van der Waals surface area contributed by atoms with Gasteiger partial charge in [0.2, 0.25) is 5.95 Å². The highest BCUT2D eigenvalue weighted by molar-refractivity contribution is 7.86. The van der Waals surface area contributed by atoms with Crippen molar-refractivity contribution < 1.29 is 17.3 Å². The Morgan fingerprint density at radius 3 is 2.80 bits per heavy atom. The molecule has 0 atom stereocenters. The van der Waals surface area contributed by atoms with Crippen molar-refractivity contribution in [2.75, 3.05) is 18.6 Å². The standard InChI is InChI=1S/C11H14N5O3S/c1-19-20(17,18)7-6-16-5-3-9(8-14-16)10-2-4-13-11(12)15-10/h2-5,8H,6-7H2,1H3,(H2,12,13,15)/q+1. The van der Waals surface area contributed by atoms with E-state index in [9.17, 15) is 8.42 Å². The fourth-order valence-corrected chi connectivity index (χ4v) is 2.07. The summed E-state index contributed by atoms with van der Waals surface area (Å²) < 4.78 is 28.3. The maximum absolute atomic E-state index is 11.2. The van der Waals surface area contributed by atoms with Gasteiger partial charge in [-0.3, -0.25) is 4.18 Å². The normalized spacial score (nSPS) is 11.4. The van der Waals surface area contributed by atoms with Gasteiger partial charge in [-0.1, -0.05) is 4.68 Å². The van der Waals surface area contributed by atoms with Gasteiger partial charge >= 0.3 is 0 Å². The highest BCUT2D eigenvalue weighted by atomic mass is 32.2. The summed E-state index contributed by atoms with van der Waals surface area (Å²) in [5, 5.41) is 4.12. The van der Waals surface area contributed by atoms with E-state index in [1.165, 1.54) is 4.68 Å². The van der Waals surface area contributed by atoms with Crippen molar-refractivity contribution >= 4 is 16.1 Å². The molecule has 0 aliphatic heterocycles. The molecule has 0 saturated heterocycles. The van der Waals surface area contributed by atoms with E-state index in [2.05, 4.69) is 19.2 Å². The Morgan fingerprint density at radius 2 is 2.20 bits per heavy atom. The molecule has 8 nitrogen and oxygen atoms in total. The van der Waals surface area contributed by atoms with Crippen molar-refractivity contribution in [3.8, 4) is 11.3 Å². The fraction of sp³-hybridized carbons (Fsp3) is 0.273. The number of nitrogens with two attached hydrogens (primary N) is 1. The van der Waals surface area contributed by atoms with Crippen LogP contribution in [0, 0.1) is 0 Å². The number of nitrogen functional groups attached to an aromatic ring is 1. The molecule has 0 spiro atoms. The molecule has 0 aromatic carbocycles. The first-order chi connectivity index (χ1) is 9.50. The molecule has 20 heavy (non-hydrogen) atoms. The Morgan fingerprint density at radius 1 is 1.40 bits per heavy atom. The molecule has 2 aromatic heterocycles. The van der Waals surface area contributed by atoms with Gasteiger partial charge in [0, 0.05) is 17.8 Å². The summed E-state index contributed by atoms with van der Waals surface area (Å²) in [4.78, 5) is 7.88. The van der Waals surface area contributed by atoms with Gasteiger partial charge in [0.1, 0.15) is 11.9 Å². The summed E-state index contributed by atoms with van der Waals surface area (Å²) in [7, 11) is -2.35. The molecule has 2 N–H and O–H groups in total. The van der Waals surface area contributed by atoms with Gasteiger partial charge in [-0.25, -0.2) is 9.97 Å². The summed E-state index contributed by atoms with van der Waals surface area (Å²) in [6, 6.07) is 3.49. The lowest BCUT2D eigenvalue weighted by atomic mass is 10.2. The van der Waals surface area contributed by atoms with Crippen LogP contribution in [0.15, 0.2) is 30.7 Å². The monoisotopic (exact) mass is 296 g/mol. The minimum absolute atomic E-state index is 0.138. The lowest BCUT2D eigenvalue weighted by Crippen LogP contribution is -2.40. The minimum Gasteiger partial charge on any atom is -0.368 e. The largest absolute Gasteiger partial charge is 0.368 e. The molecule has 0 radical (unpaired) electrons. The van der Waals surface area contributed by atoms with Crippen molar-refractivity contribution in [3.05, 3.63) is 30.7 Å². The average Bonchev–Trinajstić information content (AvgIpc) is 2.46. The number of nitrogens with zero attached hydrogens (tertiary/aromatic N) is 4. The van der Waals surface area contributed by atoms with Crippen LogP contribution in [0.1, 0.15) is 0 Å². The van der Waals surface area contributed by atoms with E-state index in [0.29, 0.717) is 5.69 Å². The first kappa shape index (κ1) is 14.3. The number of rotatable bonds is 5. The maximum atomic E-state index is 11.2. The Bertz CT molecular complexity index is 687. The number of hydrogen-bond donors (Lipinski definition) is 1. The zero-order valence-corrected chi connectivity index (χ0v) is 11.6. The van der Waals surface area contributed by atoms with Gasteiger partial charge in [0.15, 0.2) is 12.7 Å². The minimum atomic E-state index is -3.48. The Balaban J connectivity index is 2.11. The van der Waals surface area contributed by atoms with Crippen molar-refractivity contribution in [1.29, 1.82) is 0 Å². The van der Waals surface area contributed by atoms with E-state index >= 15 is 0 Å². The Labute approximate surface area is 116 Å². The molecule has 106 valence electrons. The van der Waals surface area contributed by atoms with Crippen LogP contribution in [0.4, 0.5) is 5.95 Å². The van der Waals surface area contributed by atoms with Gasteiger partial charge in [-0.05, 0) is 11.2 Å². The highest BCUT2D eigenvalue weighted by Gasteiger charge is 2.14. The first-order valence-electron chi connectivity index (χ1n) is 5.73. The van der Waals surface area contributed by atoms with E-state index in [1.54, 1.807) is 30.7 Å². The summed E-state index contributed by atoms with van der Waals surface area (Å²) in [6.45, 7) is 0.211. The van der Waals surface area contributed by atoms with Crippen LogP contribution in [0.25, 0.3) is 11.3 Å². The number of hydrogen-bond acceptors (Lipinski definition) is 7. The fourth-order valence-electron chi connectivity index (χ4n) is 1.49. The van der Waals surface area contributed by atoms with E-state index in [1.807, 2.05) is 0 Å². The van der Waals surface area contributed by atoms with Crippen LogP contribution >= 0.6 is 0 Å². The summed E-state index contributed by atoms with van der Waals surface area (Å²) >= 11 is 0. The molecule has 2 rings (SSSR count). The molecule has 9 heteroatoms. The zero-order valence-electron chi connectivity index (χ0n) is 10.8. The summed E-state index contributed by atoms with van der Waals surface area (Å²) in [5.41, 5.74) is 6.93. The molecule has 0 bridgehead atoms. The molecule has 0 amide bonds. The third kappa shape index (κ3) is 3.68. The Hall–Kier alpha value is -2.13. The Kier molecular flexibility index (Phi) is 4.20. The smallest absolute Gasteiger partial charge is 0.273 e.